The van der Waals surface area contributed by atoms with Crippen LogP contribution in [0.5, 0.6) is 5.75 Å². The summed E-state index contributed by atoms with van der Waals surface area (Å²) in [5, 5.41) is 21.0. The summed E-state index contributed by atoms with van der Waals surface area (Å²) in [6.07, 6.45) is 5.04. The van der Waals surface area contributed by atoms with E-state index in [1.807, 2.05) is 13.8 Å². The molecular formula is C27H34FN6O7P. The van der Waals surface area contributed by atoms with E-state index in [2.05, 4.69) is 20.9 Å². The maximum Gasteiger partial charge on any atom is 0.462 e. The van der Waals surface area contributed by atoms with E-state index in [1.54, 1.807) is 30.3 Å². The van der Waals surface area contributed by atoms with Gasteiger partial charge in [0, 0.05) is 13.0 Å². The van der Waals surface area contributed by atoms with Crippen LogP contribution in [0.1, 0.15) is 46.3 Å². The first kappa shape index (κ1) is 31.3. The van der Waals surface area contributed by atoms with Crippen LogP contribution in [0.25, 0.3) is 11.2 Å². The number of imidazole rings is 1. The number of terminal acetylenes is 1. The van der Waals surface area contributed by atoms with Crippen LogP contribution in [0, 0.1) is 24.3 Å². The molecule has 0 spiro atoms. The summed E-state index contributed by atoms with van der Waals surface area (Å²) in [5.41, 5.74) is 4.07. The van der Waals surface area contributed by atoms with Gasteiger partial charge in [0.2, 0.25) is 0 Å². The van der Waals surface area contributed by atoms with Crippen molar-refractivity contribution in [3.63, 3.8) is 0 Å². The Morgan fingerprint density at radius 3 is 2.67 bits per heavy atom. The lowest BCUT2D eigenvalue weighted by molar-refractivity contribution is -0.141. The fourth-order valence-corrected chi connectivity index (χ4v) is 6.70. The van der Waals surface area contributed by atoms with Crippen molar-refractivity contribution in [2.75, 3.05) is 18.9 Å². The van der Waals surface area contributed by atoms with E-state index in [1.165, 1.54) is 22.5 Å². The molecule has 3 aromatic rings. The number of carbonyl (C=O) groups is 1. The highest BCUT2D eigenvalue weighted by Crippen LogP contribution is 2.55. The molecule has 226 valence electrons. The normalized spacial score (nSPS) is 22.7. The molecule has 5 atom stereocenters. The minimum absolute atomic E-state index is 0.0215. The van der Waals surface area contributed by atoms with E-state index in [0.717, 1.165) is 0 Å². The Kier molecular flexibility index (Phi) is 9.50. The smallest absolute Gasteiger partial charge is 0.462 e. The highest BCUT2D eigenvalue weighted by molar-refractivity contribution is 7.51. The van der Waals surface area contributed by atoms with E-state index in [0.29, 0.717) is 12.8 Å². The van der Waals surface area contributed by atoms with Crippen LogP contribution in [-0.4, -0.2) is 71.3 Å². The van der Waals surface area contributed by atoms with Gasteiger partial charge in [-0.3, -0.25) is 13.9 Å². The summed E-state index contributed by atoms with van der Waals surface area (Å²) < 4.78 is 49.0. The van der Waals surface area contributed by atoms with E-state index in [9.17, 15) is 24.0 Å². The first-order valence-electron chi connectivity index (χ1n) is 13.4. The monoisotopic (exact) mass is 604 g/mol. The van der Waals surface area contributed by atoms with Crippen LogP contribution in [-0.2, 0) is 18.6 Å². The first-order chi connectivity index (χ1) is 20.0. The van der Waals surface area contributed by atoms with Gasteiger partial charge >= 0.3 is 19.8 Å². The second kappa shape index (κ2) is 12.7. The molecule has 4 rings (SSSR count). The SMILES string of the molecule is C#C[C@]1(COP(=O)(Oc2ccccc2)N(CC(CC)CC)[C@@H](C)C(=O)O)O[C@@H](n2cnc3c(N)nc(F)nc32)C[C@@H]1O. The van der Waals surface area contributed by atoms with Crippen LogP contribution in [0.4, 0.5) is 10.2 Å². The van der Waals surface area contributed by atoms with E-state index < -0.39 is 50.4 Å². The lowest BCUT2D eigenvalue weighted by Gasteiger charge is -2.36. The van der Waals surface area contributed by atoms with Crippen molar-refractivity contribution in [3.05, 3.63) is 42.7 Å². The van der Waals surface area contributed by atoms with Gasteiger partial charge in [-0.1, -0.05) is 50.8 Å². The summed E-state index contributed by atoms with van der Waals surface area (Å²) in [6.45, 7) is 4.74. The summed E-state index contributed by atoms with van der Waals surface area (Å²) in [5.74, 6) is 1.16. The Bertz CT molecular complexity index is 1500. The number of nitrogens with two attached hydrogens (primary N) is 1. The van der Waals surface area contributed by atoms with Crippen molar-refractivity contribution in [1.29, 1.82) is 0 Å². The Morgan fingerprint density at radius 1 is 1.36 bits per heavy atom. The Morgan fingerprint density at radius 2 is 2.05 bits per heavy atom. The van der Waals surface area contributed by atoms with Crippen molar-refractivity contribution >= 4 is 30.7 Å². The van der Waals surface area contributed by atoms with Gasteiger partial charge in [-0.15, -0.1) is 6.42 Å². The van der Waals surface area contributed by atoms with E-state index >= 15 is 0 Å². The minimum Gasteiger partial charge on any atom is -0.480 e. The Hall–Kier alpha value is -3.60. The number of nitrogens with zero attached hydrogens (tertiary/aromatic N) is 5. The molecule has 3 heterocycles. The molecule has 0 saturated carbocycles. The number of nitrogen functional groups attached to an aromatic ring is 1. The molecule has 1 unspecified atom stereocenters. The average molecular weight is 605 g/mol. The molecule has 1 fully saturated rings. The number of aliphatic carboxylic acids is 1. The number of hydrogen-bond acceptors (Lipinski definition) is 10. The van der Waals surface area contributed by atoms with Crippen LogP contribution in [0.15, 0.2) is 36.7 Å². The third-order valence-electron chi connectivity index (χ3n) is 7.41. The van der Waals surface area contributed by atoms with Gasteiger partial charge in [0.1, 0.15) is 30.7 Å². The van der Waals surface area contributed by atoms with Crippen LogP contribution in [0.2, 0.25) is 0 Å². The largest absolute Gasteiger partial charge is 0.480 e. The van der Waals surface area contributed by atoms with Gasteiger partial charge < -0.3 is 25.2 Å². The van der Waals surface area contributed by atoms with E-state index in [-0.39, 0.29) is 41.6 Å². The van der Waals surface area contributed by atoms with Crippen molar-refractivity contribution in [2.24, 2.45) is 5.92 Å². The van der Waals surface area contributed by atoms with Crippen molar-refractivity contribution in [3.8, 4) is 18.1 Å². The van der Waals surface area contributed by atoms with Gasteiger partial charge in [-0.25, -0.2) is 9.55 Å². The number of carboxylic acid groups (broad SMARTS) is 1. The molecule has 0 aliphatic carbocycles. The quantitative estimate of drug-likeness (QED) is 0.147. The molecule has 1 aliphatic rings. The highest BCUT2D eigenvalue weighted by atomic mass is 31.2. The molecule has 13 nitrogen and oxygen atoms in total. The molecule has 42 heavy (non-hydrogen) atoms. The molecule has 0 amide bonds. The second-order valence-electron chi connectivity index (χ2n) is 10.0. The number of benzene rings is 1. The third kappa shape index (κ3) is 6.25. The zero-order valence-electron chi connectivity index (χ0n) is 23.5. The molecular weight excluding hydrogens is 570 g/mol. The van der Waals surface area contributed by atoms with E-state index in [4.69, 9.17) is 25.9 Å². The molecule has 2 aromatic heterocycles. The number of aliphatic hydroxyl groups excluding tert-OH is 1. The number of halogens is 1. The molecule has 1 aliphatic heterocycles. The summed E-state index contributed by atoms with van der Waals surface area (Å²) >= 11 is 0. The lowest BCUT2D eigenvalue weighted by Crippen LogP contribution is -2.45. The second-order valence-corrected chi connectivity index (χ2v) is 11.9. The molecule has 15 heteroatoms. The van der Waals surface area contributed by atoms with Gasteiger partial charge in [-0.2, -0.15) is 19.0 Å². The maximum atomic E-state index is 14.6. The van der Waals surface area contributed by atoms with Gasteiger partial charge in [0.15, 0.2) is 22.6 Å². The standard InChI is InChI=1S/C27H34FN6O7P/c1-5-18(6-2)14-34(17(4)25(36)37)42(38,41-19-11-9-8-10-12-19)39-15-27(7-3)20(35)13-21(40-27)33-16-30-22-23(29)31-26(28)32-24(22)33/h3,8-12,16-18,20-21,35H,5-6,13-15H2,1-2,4H3,(H,36,37)(H2,29,31,32)/t17-,20-,21+,27+,42?/m0/s1. The first-order valence-corrected chi connectivity index (χ1v) is 14.9. The Balaban J connectivity index is 1.67. The number of para-hydroxylation sites is 1. The average Bonchev–Trinajstić information content (AvgIpc) is 3.54. The Labute approximate surface area is 242 Å². The lowest BCUT2D eigenvalue weighted by atomic mass is 9.99. The van der Waals surface area contributed by atoms with Crippen molar-refractivity contribution in [1.82, 2.24) is 24.2 Å². The van der Waals surface area contributed by atoms with Crippen LogP contribution in [0.3, 0.4) is 0 Å². The number of fused-ring (bicyclic) bond motifs is 1. The summed E-state index contributed by atoms with van der Waals surface area (Å²) in [6, 6.07) is 6.92. The zero-order chi connectivity index (χ0) is 30.7. The topological polar surface area (TPSA) is 175 Å². The summed E-state index contributed by atoms with van der Waals surface area (Å²) in [4.78, 5) is 23.4. The minimum atomic E-state index is -4.45. The molecule has 1 aromatic carbocycles. The molecule has 4 N–H and O–H groups in total. The van der Waals surface area contributed by atoms with Gasteiger partial charge in [-0.05, 0) is 25.0 Å². The number of rotatable bonds is 13. The molecule has 0 bridgehead atoms. The predicted octanol–water partition coefficient (Wildman–Crippen LogP) is 3.61. The zero-order valence-corrected chi connectivity index (χ0v) is 24.4. The maximum absolute atomic E-state index is 14.6. The highest BCUT2D eigenvalue weighted by Gasteiger charge is 2.52. The summed E-state index contributed by atoms with van der Waals surface area (Å²) in [7, 11) is -4.45. The number of aromatic nitrogens is 4. The predicted molar refractivity (Wildman–Crippen MR) is 151 cm³/mol. The number of aliphatic hydroxyl groups is 1. The van der Waals surface area contributed by atoms with Crippen LogP contribution >= 0.6 is 7.75 Å². The number of ether oxygens (including phenoxy) is 1. The molecule has 1 saturated heterocycles. The third-order valence-corrected chi connectivity index (χ3v) is 9.45. The van der Waals surface area contributed by atoms with Crippen LogP contribution < -0.4 is 10.3 Å². The number of hydrogen-bond donors (Lipinski definition) is 3. The van der Waals surface area contributed by atoms with Gasteiger partial charge in [0.25, 0.3) is 0 Å². The van der Waals surface area contributed by atoms with Crippen molar-refractivity contribution < 1.29 is 37.7 Å². The fraction of sp³-hybridized carbons (Fsp3) is 0.481. The fourth-order valence-electron chi connectivity index (χ4n) is 4.70. The van der Waals surface area contributed by atoms with Gasteiger partial charge in [0.05, 0.1) is 6.33 Å². The number of carboxylic acids is 1. The van der Waals surface area contributed by atoms with Crippen molar-refractivity contribution in [2.45, 2.75) is 64.0 Å². The number of anilines is 1. The molecule has 0 radical (unpaired) electrons.